The van der Waals surface area contributed by atoms with Gasteiger partial charge in [-0.1, -0.05) is 17.8 Å². The highest BCUT2D eigenvalue weighted by Gasteiger charge is 2.12. The van der Waals surface area contributed by atoms with Gasteiger partial charge in [-0.3, -0.25) is 0 Å². The van der Waals surface area contributed by atoms with Crippen molar-refractivity contribution in [2.24, 2.45) is 0 Å². The first kappa shape index (κ1) is 12.6. The van der Waals surface area contributed by atoms with Gasteiger partial charge in [-0.05, 0) is 17.7 Å². The van der Waals surface area contributed by atoms with Crippen LogP contribution in [0.2, 0.25) is 0 Å². The molecular weight excluding hydrogens is 257 g/mol. The molecule has 0 unspecified atom stereocenters. The van der Waals surface area contributed by atoms with Crippen LogP contribution < -0.4 is 0 Å². The molecule has 1 aromatic heterocycles. The van der Waals surface area contributed by atoms with Gasteiger partial charge in [0.1, 0.15) is 12.1 Å². The number of ether oxygens (including phenoxy) is 1. The minimum atomic E-state index is -0.681. The van der Waals surface area contributed by atoms with Gasteiger partial charge in [0.2, 0.25) is 0 Å². The molecule has 4 nitrogen and oxygen atoms in total. The third-order valence-corrected chi connectivity index (χ3v) is 3.14. The number of methoxy groups -OCH3 is 1. The fraction of sp³-hybridized carbons (Fsp3) is 0.167. The van der Waals surface area contributed by atoms with E-state index in [0.29, 0.717) is 11.0 Å². The molecule has 6 heteroatoms. The lowest BCUT2D eigenvalue weighted by Crippen LogP contribution is -2.04. The number of rotatable bonds is 4. The molecule has 0 radical (unpaired) electrons. The first-order valence-corrected chi connectivity index (χ1v) is 6.08. The normalized spacial score (nSPS) is 10.3. The highest BCUT2D eigenvalue weighted by atomic mass is 32.2. The lowest BCUT2D eigenvalue weighted by Gasteiger charge is -2.03. The fourth-order valence-electron chi connectivity index (χ4n) is 1.35. The third-order valence-electron chi connectivity index (χ3n) is 2.21. The number of esters is 1. The van der Waals surface area contributed by atoms with Crippen molar-refractivity contribution in [1.29, 1.82) is 0 Å². The van der Waals surface area contributed by atoms with E-state index in [1.54, 1.807) is 12.3 Å². The Balaban J connectivity index is 2.07. The van der Waals surface area contributed by atoms with E-state index < -0.39 is 11.8 Å². The van der Waals surface area contributed by atoms with Gasteiger partial charge < -0.3 is 9.15 Å². The molecule has 0 fully saturated rings. The van der Waals surface area contributed by atoms with Gasteiger partial charge in [-0.25, -0.2) is 14.2 Å². The number of aromatic nitrogens is 1. The number of oxazole rings is 1. The lowest BCUT2D eigenvalue weighted by molar-refractivity contribution is 0.0595. The number of carbonyl (C=O) groups is 1. The molecule has 0 aliphatic heterocycles. The van der Waals surface area contributed by atoms with Crippen LogP contribution in [0.4, 0.5) is 4.39 Å². The van der Waals surface area contributed by atoms with Crippen LogP contribution in [-0.2, 0) is 10.5 Å². The van der Waals surface area contributed by atoms with Crippen molar-refractivity contribution in [2.75, 3.05) is 7.11 Å². The van der Waals surface area contributed by atoms with Crippen LogP contribution in [-0.4, -0.2) is 18.1 Å². The number of halogens is 1. The summed E-state index contributed by atoms with van der Waals surface area (Å²) in [4.78, 5) is 15.1. The minimum Gasteiger partial charge on any atom is -0.465 e. The highest BCUT2D eigenvalue weighted by Crippen LogP contribution is 2.22. The Hall–Kier alpha value is -1.82. The van der Waals surface area contributed by atoms with Gasteiger partial charge in [0, 0.05) is 5.75 Å². The van der Waals surface area contributed by atoms with Crippen LogP contribution in [0.3, 0.4) is 0 Å². The summed E-state index contributed by atoms with van der Waals surface area (Å²) in [5.74, 6) is -0.759. The van der Waals surface area contributed by atoms with E-state index in [1.807, 2.05) is 0 Å². The number of hydrogen-bond acceptors (Lipinski definition) is 5. The molecule has 0 amide bonds. The van der Waals surface area contributed by atoms with E-state index in [4.69, 9.17) is 4.42 Å². The summed E-state index contributed by atoms with van der Waals surface area (Å²) >= 11 is 1.35. The zero-order valence-electron chi connectivity index (χ0n) is 9.55. The van der Waals surface area contributed by atoms with Crippen LogP contribution in [0.1, 0.15) is 15.9 Å². The standard InChI is InChI=1S/C12H10FNO3S/c1-16-11(15)9-3-2-8(6-10(9)13)7-18-12-14-4-5-17-12/h2-6H,7H2,1H3. The van der Waals surface area contributed by atoms with E-state index in [1.165, 1.54) is 37.3 Å². The smallest absolute Gasteiger partial charge is 0.340 e. The summed E-state index contributed by atoms with van der Waals surface area (Å²) in [6.07, 6.45) is 3.02. The molecule has 0 aliphatic carbocycles. The maximum atomic E-state index is 13.6. The average molecular weight is 267 g/mol. The Morgan fingerprint density at radius 3 is 3.00 bits per heavy atom. The summed E-state index contributed by atoms with van der Waals surface area (Å²) in [7, 11) is 1.22. The minimum absolute atomic E-state index is 0.0672. The Kier molecular flexibility index (Phi) is 3.99. The average Bonchev–Trinajstić information content (AvgIpc) is 2.88. The second-order valence-corrected chi connectivity index (χ2v) is 4.32. The van der Waals surface area contributed by atoms with Crippen LogP contribution in [0.15, 0.2) is 40.3 Å². The summed E-state index contributed by atoms with van der Waals surface area (Å²) in [6, 6.07) is 4.39. The second kappa shape index (κ2) is 5.68. The molecule has 0 spiro atoms. The molecule has 94 valence electrons. The summed E-state index contributed by atoms with van der Waals surface area (Å²) in [5, 5.41) is 0.521. The van der Waals surface area contributed by atoms with Crippen LogP contribution in [0.5, 0.6) is 0 Å². The molecule has 2 rings (SSSR count). The Bertz CT molecular complexity index is 542. The van der Waals surface area contributed by atoms with E-state index in [2.05, 4.69) is 9.72 Å². The molecule has 1 aromatic carbocycles. The molecule has 0 saturated heterocycles. The van der Waals surface area contributed by atoms with Crippen LogP contribution in [0, 0.1) is 5.82 Å². The summed E-state index contributed by atoms with van der Waals surface area (Å²) < 4.78 is 23.1. The quantitative estimate of drug-likeness (QED) is 0.629. The molecular formula is C12H10FNO3S. The number of hydrogen-bond donors (Lipinski definition) is 0. The van der Waals surface area contributed by atoms with Crippen LogP contribution >= 0.6 is 11.8 Å². The van der Waals surface area contributed by atoms with E-state index in [0.717, 1.165) is 5.56 Å². The largest absolute Gasteiger partial charge is 0.465 e. The van der Waals surface area contributed by atoms with Crippen molar-refractivity contribution >= 4 is 17.7 Å². The predicted molar refractivity (Wildman–Crippen MR) is 63.8 cm³/mol. The van der Waals surface area contributed by atoms with Crippen molar-refractivity contribution in [1.82, 2.24) is 4.98 Å². The van der Waals surface area contributed by atoms with E-state index in [-0.39, 0.29) is 5.56 Å². The predicted octanol–water partition coefficient (Wildman–Crippen LogP) is 2.89. The van der Waals surface area contributed by atoms with Crippen molar-refractivity contribution in [3.8, 4) is 0 Å². The Labute approximate surface area is 107 Å². The van der Waals surface area contributed by atoms with E-state index >= 15 is 0 Å². The SMILES string of the molecule is COC(=O)c1ccc(CSc2ncco2)cc1F. The molecule has 0 aliphatic rings. The highest BCUT2D eigenvalue weighted by molar-refractivity contribution is 7.98. The van der Waals surface area contributed by atoms with Gasteiger partial charge in [0.15, 0.2) is 0 Å². The molecule has 0 atom stereocenters. The molecule has 0 N–H and O–H groups in total. The number of nitrogens with zero attached hydrogens (tertiary/aromatic N) is 1. The summed E-state index contributed by atoms with van der Waals surface area (Å²) in [5.41, 5.74) is 0.672. The summed E-state index contributed by atoms with van der Waals surface area (Å²) in [6.45, 7) is 0. The zero-order chi connectivity index (χ0) is 13.0. The van der Waals surface area contributed by atoms with Gasteiger partial charge in [0.25, 0.3) is 5.22 Å². The van der Waals surface area contributed by atoms with Crippen molar-refractivity contribution in [3.63, 3.8) is 0 Å². The molecule has 1 heterocycles. The topological polar surface area (TPSA) is 52.3 Å². The van der Waals surface area contributed by atoms with Gasteiger partial charge in [-0.2, -0.15) is 0 Å². The van der Waals surface area contributed by atoms with Gasteiger partial charge >= 0.3 is 5.97 Å². The van der Waals surface area contributed by atoms with Gasteiger partial charge in [0.05, 0.1) is 18.9 Å². The van der Waals surface area contributed by atoms with Crippen molar-refractivity contribution in [2.45, 2.75) is 11.0 Å². The number of carbonyl (C=O) groups excluding carboxylic acids is 1. The number of benzene rings is 1. The van der Waals surface area contributed by atoms with Crippen molar-refractivity contribution < 1.29 is 18.3 Å². The first-order valence-electron chi connectivity index (χ1n) is 5.09. The zero-order valence-corrected chi connectivity index (χ0v) is 10.4. The van der Waals surface area contributed by atoms with Gasteiger partial charge in [-0.15, -0.1) is 0 Å². The third kappa shape index (κ3) is 2.89. The fourth-order valence-corrected chi connectivity index (χ4v) is 2.08. The lowest BCUT2D eigenvalue weighted by atomic mass is 10.1. The first-order chi connectivity index (χ1) is 8.70. The van der Waals surface area contributed by atoms with Crippen LogP contribution in [0.25, 0.3) is 0 Å². The Morgan fingerprint density at radius 2 is 2.39 bits per heavy atom. The maximum Gasteiger partial charge on any atom is 0.340 e. The van der Waals surface area contributed by atoms with E-state index in [9.17, 15) is 9.18 Å². The second-order valence-electron chi connectivity index (χ2n) is 3.39. The molecule has 2 aromatic rings. The van der Waals surface area contributed by atoms with Crippen molar-refractivity contribution in [3.05, 3.63) is 47.6 Å². The number of thioether (sulfide) groups is 1. The monoisotopic (exact) mass is 267 g/mol. The molecule has 18 heavy (non-hydrogen) atoms. The molecule has 0 saturated carbocycles. The maximum absolute atomic E-state index is 13.6. The molecule has 0 bridgehead atoms. The Morgan fingerprint density at radius 1 is 1.56 bits per heavy atom.